The molecule has 0 unspecified atom stereocenters. The van der Waals surface area contributed by atoms with E-state index in [0.717, 1.165) is 47.2 Å². The van der Waals surface area contributed by atoms with E-state index in [-0.39, 0.29) is 31.2 Å². The fraction of sp³-hybridized carbons (Fsp3) is 0.378. The predicted molar refractivity (Wildman–Crippen MR) is 200 cm³/mol. The standard InChI is InChI=1S/C37H44ClN3O9S2/c1-26-29(7-5-8-32(26)28-9-10-34-37(19-28)48-15-14-47-34)25-50-36-20-35(49-24-27-17-31(22-39-21-27)51(4,42)43)30(18-33(36)38)23-41(12-6-11-40(2)3)13-16-52(44,45)46/h5,7-10,17-22H,6,11-16,23-25H2,1-4H3,(H,44,45,46). The Balaban J connectivity index is 1.42. The SMILES string of the molecule is Cc1c(COc2cc(OCc3cncc(S(C)(=O)=O)c3)c(CN(CCCN(C)C)CCS(=O)(=O)O)cc2Cl)cccc1-c1ccc2c(c1)OCCO2. The van der Waals surface area contributed by atoms with Crippen LogP contribution in [0.15, 0.2) is 71.9 Å². The number of rotatable bonds is 17. The molecule has 1 N–H and O–H groups in total. The Bertz CT molecular complexity index is 2090. The van der Waals surface area contributed by atoms with Gasteiger partial charge in [0.05, 0.1) is 15.7 Å². The van der Waals surface area contributed by atoms with Gasteiger partial charge in [-0.15, -0.1) is 0 Å². The van der Waals surface area contributed by atoms with E-state index in [1.807, 2.05) is 67.2 Å². The number of ether oxygens (including phenoxy) is 4. The Hall–Kier alpha value is -3.92. The Morgan fingerprint density at radius 1 is 0.865 bits per heavy atom. The summed E-state index contributed by atoms with van der Waals surface area (Å²) in [7, 11) is -3.78. The predicted octanol–water partition coefficient (Wildman–Crippen LogP) is 5.68. The summed E-state index contributed by atoms with van der Waals surface area (Å²) in [4.78, 5) is 8.09. The van der Waals surface area contributed by atoms with Crippen LogP contribution in [0.1, 0.15) is 28.7 Å². The van der Waals surface area contributed by atoms with Crippen LogP contribution in [0.4, 0.5) is 0 Å². The summed E-state index contributed by atoms with van der Waals surface area (Å²) in [5.74, 6) is 1.77. The fourth-order valence-electron chi connectivity index (χ4n) is 5.74. The maximum Gasteiger partial charge on any atom is 0.266 e. The Morgan fingerprint density at radius 2 is 1.62 bits per heavy atom. The van der Waals surface area contributed by atoms with E-state index >= 15 is 0 Å². The first kappa shape index (κ1) is 39.3. The van der Waals surface area contributed by atoms with E-state index in [9.17, 15) is 21.4 Å². The van der Waals surface area contributed by atoms with Crippen LogP contribution in [-0.2, 0) is 39.7 Å². The van der Waals surface area contributed by atoms with Gasteiger partial charge in [-0.3, -0.25) is 14.4 Å². The number of sulfone groups is 1. The summed E-state index contributed by atoms with van der Waals surface area (Å²) in [5.41, 5.74) is 5.16. The quantitative estimate of drug-likeness (QED) is 0.132. The summed E-state index contributed by atoms with van der Waals surface area (Å²) < 4.78 is 81.2. The third kappa shape index (κ3) is 11.0. The van der Waals surface area contributed by atoms with Gasteiger partial charge < -0.3 is 23.8 Å². The molecule has 1 aliphatic rings. The van der Waals surface area contributed by atoms with Crippen LogP contribution in [0, 0.1) is 6.92 Å². The van der Waals surface area contributed by atoms with E-state index in [1.165, 1.54) is 18.5 Å². The summed E-state index contributed by atoms with van der Waals surface area (Å²) >= 11 is 6.83. The summed E-state index contributed by atoms with van der Waals surface area (Å²) in [6.45, 7) is 4.90. The molecule has 0 aliphatic carbocycles. The van der Waals surface area contributed by atoms with Crippen molar-refractivity contribution in [2.24, 2.45) is 0 Å². The highest BCUT2D eigenvalue weighted by atomic mass is 35.5. The topological polar surface area (TPSA) is 145 Å². The number of fused-ring (bicyclic) bond motifs is 1. The largest absolute Gasteiger partial charge is 0.488 e. The lowest BCUT2D eigenvalue weighted by molar-refractivity contribution is 0.171. The number of nitrogens with zero attached hydrogens (tertiary/aromatic N) is 3. The number of pyridine rings is 1. The van der Waals surface area contributed by atoms with Crippen LogP contribution < -0.4 is 18.9 Å². The van der Waals surface area contributed by atoms with Crippen LogP contribution in [0.25, 0.3) is 11.1 Å². The molecular formula is C37H44ClN3O9S2. The van der Waals surface area contributed by atoms with E-state index in [2.05, 4.69) is 4.98 Å². The van der Waals surface area contributed by atoms with Crippen molar-refractivity contribution in [2.75, 3.05) is 59.0 Å². The number of benzene rings is 3. The van der Waals surface area contributed by atoms with Gasteiger partial charge in [-0.05, 0) is 87.0 Å². The van der Waals surface area contributed by atoms with Crippen molar-refractivity contribution in [3.8, 4) is 34.1 Å². The van der Waals surface area contributed by atoms with Gasteiger partial charge in [0.2, 0.25) is 0 Å². The van der Waals surface area contributed by atoms with Gasteiger partial charge in [0.15, 0.2) is 21.3 Å². The second-order valence-electron chi connectivity index (χ2n) is 12.9. The summed E-state index contributed by atoms with van der Waals surface area (Å²) in [6.07, 6.45) is 4.67. The highest BCUT2D eigenvalue weighted by Crippen LogP contribution is 2.38. The number of hydrogen-bond acceptors (Lipinski definition) is 11. The highest BCUT2D eigenvalue weighted by Gasteiger charge is 2.19. The van der Waals surface area contributed by atoms with Crippen LogP contribution in [0.5, 0.6) is 23.0 Å². The minimum atomic E-state index is -4.20. The molecule has 15 heteroatoms. The number of hydrogen-bond donors (Lipinski definition) is 1. The molecule has 1 aliphatic heterocycles. The van der Waals surface area contributed by atoms with Crippen LogP contribution in [0.2, 0.25) is 5.02 Å². The first-order chi connectivity index (χ1) is 24.7. The molecule has 4 aromatic rings. The maximum atomic E-state index is 12.2. The van der Waals surface area contributed by atoms with Gasteiger partial charge in [0.25, 0.3) is 10.1 Å². The molecule has 2 heterocycles. The first-order valence-corrected chi connectivity index (χ1v) is 20.6. The average Bonchev–Trinajstić information content (AvgIpc) is 3.09. The van der Waals surface area contributed by atoms with E-state index in [0.29, 0.717) is 53.2 Å². The maximum absolute atomic E-state index is 12.2. The molecule has 5 rings (SSSR count). The van der Waals surface area contributed by atoms with Crippen molar-refractivity contribution in [3.63, 3.8) is 0 Å². The van der Waals surface area contributed by atoms with Gasteiger partial charge in [0.1, 0.15) is 37.9 Å². The van der Waals surface area contributed by atoms with Gasteiger partial charge in [-0.2, -0.15) is 8.42 Å². The lowest BCUT2D eigenvalue weighted by Crippen LogP contribution is -2.31. The Kier molecular flexibility index (Phi) is 13.1. The molecule has 0 fully saturated rings. The lowest BCUT2D eigenvalue weighted by atomic mass is 9.96. The monoisotopic (exact) mass is 773 g/mol. The third-order valence-corrected chi connectivity index (χ3v) is 10.6. The molecule has 52 heavy (non-hydrogen) atoms. The minimum Gasteiger partial charge on any atom is -0.488 e. The van der Waals surface area contributed by atoms with E-state index < -0.39 is 25.7 Å². The van der Waals surface area contributed by atoms with Gasteiger partial charge in [-0.25, -0.2) is 8.42 Å². The molecule has 0 spiro atoms. The normalized spacial score (nSPS) is 13.1. The second-order valence-corrected chi connectivity index (χ2v) is 16.9. The number of halogens is 1. The molecule has 0 saturated carbocycles. The molecule has 280 valence electrons. The molecule has 12 nitrogen and oxygen atoms in total. The zero-order chi connectivity index (χ0) is 37.5. The third-order valence-electron chi connectivity index (χ3n) is 8.53. The molecule has 0 amide bonds. The molecule has 0 radical (unpaired) electrons. The Labute approximate surface area is 310 Å². The van der Waals surface area contributed by atoms with Crippen LogP contribution in [0.3, 0.4) is 0 Å². The zero-order valence-electron chi connectivity index (χ0n) is 29.7. The van der Waals surface area contributed by atoms with Crippen LogP contribution in [-0.4, -0.2) is 95.1 Å². The molecule has 0 saturated heterocycles. The van der Waals surface area contributed by atoms with Gasteiger partial charge >= 0.3 is 0 Å². The smallest absolute Gasteiger partial charge is 0.266 e. The van der Waals surface area contributed by atoms with Gasteiger partial charge in [-0.1, -0.05) is 35.9 Å². The molecule has 0 atom stereocenters. The summed E-state index contributed by atoms with van der Waals surface area (Å²) in [5, 5.41) is 0.326. The van der Waals surface area contributed by atoms with Crippen molar-refractivity contribution < 1.29 is 40.3 Å². The zero-order valence-corrected chi connectivity index (χ0v) is 32.1. The second kappa shape index (κ2) is 17.3. The molecular weight excluding hydrogens is 730 g/mol. The molecule has 1 aromatic heterocycles. The van der Waals surface area contributed by atoms with Crippen molar-refractivity contribution in [3.05, 3.63) is 94.3 Å². The fourth-order valence-corrected chi connectivity index (χ4v) is 7.08. The van der Waals surface area contributed by atoms with Crippen molar-refractivity contribution >= 4 is 31.6 Å². The highest BCUT2D eigenvalue weighted by molar-refractivity contribution is 7.90. The minimum absolute atomic E-state index is 0.00718. The summed E-state index contributed by atoms with van der Waals surface area (Å²) in [6, 6.07) is 16.8. The Morgan fingerprint density at radius 3 is 2.35 bits per heavy atom. The average molecular weight is 774 g/mol. The number of aromatic nitrogens is 1. The van der Waals surface area contributed by atoms with E-state index in [4.69, 9.17) is 30.5 Å². The van der Waals surface area contributed by atoms with E-state index in [1.54, 1.807) is 12.1 Å². The molecule has 0 bridgehead atoms. The van der Waals surface area contributed by atoms with Gasteiger partial charge in [0, 0.05) is 48.9 Å². The van der Waals surface area contributed by atoms with Crippen molar-refractivity contribution in [2.45, 2.75) is 38.0 Å². The first-order valence-electron chi connectivity index (χ1n) is 16.7. The van der Waals surface area contributed by atoms with Crippen molar-refractivity contribution in [1.29, 1.82) is 0 Å². The molecule has 3 aromatic carbocycles. The van der Waals surface area contributed by atoms with Crippen LogP contribution >= 0.6 is 11.6 Å². The lowest BCUT2D eigenvalue weighted by Gasteiger charge is -2.25. The van der Waals surface area contributed by atoms with Crippen molar-refractivity contribution in [1.82, 2.24) is 14.8 Å².